The molecular formula is C12H16N2O2. The van der Waals surface area contributed by atoms with Gasteiger partial charge in [0, 0.05) is 25.5 Å². The fraction of sp³-hybridized carbons (Fsp3) is 0.500. The Kier molecular flexibility index (Phi) is 2.92. The van der Waals surface area contributed by atoms with Crippen molar-refractivity contribution < 1.29 is 9.90 Å². The first-order valence-corrected chi connectivity index (χ1v) is 5.52. The van der Waals surface area contributed by atoms with Crippen molar-refractivity contribution in [1.82, 2.24) is 4.98 Å². The summed E-state index contributed by atoms with van der Waals surface area (Å²) in [6, 6.07) is 3.68. The van der Waals surface area contributed by atoms with Gasteiger partial charge >= 0.3 is 0 Å². The van der Waals surface area contributed by atoms with Crippen LogP contribution in [0.15, 0.2) is 18.3 Å². The summed E-state index contributed by atoms with van der Waals surface area (Å²) in [5.74, 6) is 0.705. The number of Topliss-reactive ketones (excluding diaryl/α,β-unsaturated/α-hetero) is 1. The SMILES string of the molecule is Nc1ncccc1CC1(O)CCC(=O)CC1. The zero-order valence-corrected chi connectivity index (χ0v) is 9.15. The van der Waals surface area contributed by atoms with Crippen LogP contribution in [0.5, 0.6) is 0 Å². The van der Waals surface area contributed by atoms with Crippen molar-refractivity contribution in [3.63, 3.8) is 0 Å². The quantitative estimate of drug-likeness (QED) is 0.782. The second-order valence-electron chi connectivity index (χ2n) is 4.49. The highest BCUT2D eigenvalue weighted by molar-refractivity contribution is 5.79. The van der Waals surface area contributed by atoms with E-state index in [1.165, 1.54) is 0 Å². The number of nitrogens with two attached hydrogens (primary N) is 1. The van der Waals surface area contributed by atoms with Crippen molar-refractivity contribution in [3.05, 3.63) is 23.9 Å². The van der Waals surface area contributed by atoms with Crippen molar-refractivity contribution in [2.45, 2.75) is 37.7 Å². The molecule has 4 nitrogen and oxygen atoms in total. The van der Waals surface area contributed by atoms with Crippen molar-refractivity contribution in [1.29, 1.82) is 0 Å². The standard InChI is InChI=1S/C12H16N2O2/c13-11-9(2-1-7-14-11)8-12(16)5-3-10(15)4-6-12/h1-2,7,16H,3-6,8H2,(H2,13,14). The van der Waals surface area contributed by atoms with Gasteiger partial charge in [0.1, 0.15) is 11.6 Å². The Morgan fingerprint density at radius 1 is 1.44 bits per heavy atom. The summed E-state index contributed by atoms with van der Waals surface area (Å²) in [5.41, 5.74) is 5.81. The smallest absolute Gasteiger partial charge is 0.133 e. The summed E-state index contributed by atoms with van der Waals surface area (Å²) in [5, 5.41) is 10.3. The van der Waals surface area contributed by atoms with Gasteiger partial charge < -0.3 is 10.8 Å². The minimum absolute atomic E-state index is 0.240. The van der Waals surface area contributed by atoms with Gasteiger partial charge in [-0.3, -0.25) is 4.79 Å². The van der Waals surface area contributed by atoms with Gasteiger partial charge in [0.2, 0.25) is 0 Å². The lowest BCUT2D eigenvalue weighted by atomic mass is 9.80. The molecule has 0 unspecified atom stereocenters. The second-order valence-corrected chi connectivity index (χ2v) is 4.49. The zero-order valence-electron chi connectivity index (χ0n) is 9.15. The van der Waals surface area contributed by atoms with Gasteiger partial charge in [0.15, 0.2) is 0 Å². The van der Waals surface area contributed by atoms with E-state index in [0.29, 0.717) is 37.9 Å². The number of carbonyl (C=O) groups excluding carboxylic acids is 1. The summed E-state index contributed by atoms with van der Waals surface area (Å²) in [6.07, 6.45) is 4.11. The predicted octanol–water partition coefficient (Wildman–Crippen LogP) is 1.08. The van der Waals surface area contributed by atoms with E-state index in [0.717, 1.165) is 5.56 Å². The van der Waals surface area contributed by atoms with Crippen LogP contribution in [-0.4, -0.2) is 21.5 Å². The Morgan fingerprint density at radius 3 is 2.75 bits per heavy atom. The number of ketones is 1. The molecule has 1 aromatic heterocycles. The first-order chi connectivity index (χ1) is 7.59. The van der Waals surface area contributed by atoms with Gasteiger partial charge in [0.25, 0.3) is 0 Å². The first-order valence-electron chi connectivity index (χ1n) is 5.52. The molecule has 0 amide bonds. The number of hydrogen-bond acceptors (Lipinski definition) is 4. The molecule has 3 N–H and O–H groups in total. The lowest BCUT2D eigenvalue weighted by Gasteiger charge is -2.31. The van der Waals surface area contributed by atoms with Crippen LogP contribution < -0.4 is 5.73 Å². The third kappa shape index (κ3) is 2.39. The van der Waals surface area contributed by atoms with Crippen LogP contribution in [0.2, 0.25) is 0 Å². The molecule has 86 valence electrons. The first kappa shape index (κ1) is 11.1. The Hall–Kier alpha value is -1.42. The van der Waals surface area contributed by atoms with Gasteiger partial charge in [-0.2, -0.15) is 0 Å². The summed E-state index contributed by atoms with van der Waals surface area (Å²) in [6.45, 7) is 0. The third-order valence-corrected chi connectivity index (χ3v) is 3.18. The molecule has 0 saturated heterocycles. The fourth-order valence-electron chi connectivity index (χ4n) is 2.13. The molecule has 1 aliphatic carbocycles. The van der Waals surface area contributed by atoms with Crippen LogP contribution in [0.3, 0.4) is 0 Å². The Balaban J connectivity index is 2.09. The number of aliphatic hydroxyl groups is 1. The molecule has 0 atom stereocenters. The predicted molar refractivity (Wildman–Crippen MR) is 60.8 cm³/mol. The molecule has 1 aromatic rings. The topological polar surface area (TPSA) is 76.2 Å². The minimum Gasteiger partial charge on any atom is -0.390 e. The third-order valence-electron chi connectivity index (χ3n) is 3.18. The number of rotatable bonds is 2. The van der Waals surface area contributed by atoms with Crippen molar-refractivity contribution in [2.75, 3.05) is 5.73 Å². The summed E-state index contributed by atoms with van der Waals surface area (Å²) in [4.78, 5) is 15.1. The molecule has 16 heavy (non-hydrogen) atoms. The van der Waals surface area contributed by atoms with Gasteiger partial charge in [-0.25, -0.2) is 4.98 Å². The van der Waals surface area contributed by atoms with Crippen LogP contribution in [0, 0.1) is 0 Å². The van der Waals surface area contributed by atoms with E-state index in [1.54, 1.807) is 6.20 Å². The Morgan fingerprint density at radius 2 is 2.12 bits per heavy atom. The number of nitrogens with zero attached hydrogens (tertiary/aromatic N) is 1. The van der Waals surface area contributed by atoms with E-state index >= 15 is 0 Å². The lowest BCUT2D eigenvalue weighted by molar-refractivity contribution is -0.125. The molecular weight excluding hydrogens is 204 g/mol. The van der Waals surface area contributed by atoms with Crippen LogP contribution in [0.25, 0.3) is 0 Å². The molecule has 1 aliphatic rings. The molecule has 0 radical (unpaired) electrons. The second kappa shape index (κ2) is 4.22. The highest BCUT2D eigenvalue weighted by Gasteiger charge is 2.32. The molecule has 0 spiro atoms. The summed E-state index contributed by atoms with van der Waals surface area (Å²) >= 11 is 0. The maximum Gasteiger partial charge on any atom is 0.133 e. The number of nitrogen functional groups attached to an aromatic ring is 1. The van der Waals surface area contributed by atoms with E-state index in [4.69, 9.17) is 5.73 Å². The van der Waals surface area contributed by atoms with Crippen molar-refractivity contribution >= 4 is 11.6 Å². The maximum absolute atomic E-state index is 11.1. The number of aromatic nitrogens is 1. The van der Waals surface area contributed by atoms with Crippen LogP contribution in [0.1, 0.15) is 31.2 Å². The van der Waals surface area contributed by atoms with E-state index in [1.807, 2.05) is 12.1 Å². The molecule has 4 heteroatoms. The molecule has 2 rings (SSSR count). The Bertz CT molecular complexity index is 394. The number of hydrogen-bond donors (Lipinski definition) is 2. The fourth-order valence-corrected chi connectivity index (χ4v) is 2.13. The average Bonchev–Trinajstić information content (AvgIpc) is 2.27. The minimum atomic E-state index is -0.787. The molecule has 0 bridgehead atoms. The van der Waals surface area contributed by atoms with Gasteiger partial charge in [-0.05, 0) is 24.5 Å². The van der Waals surface area contributed by atoms with Crippen LogP contribution in [0.4, 0.5) is 5.82 Å². The van der Waals surface area contributed by atoms with Crippen LogP contribution in [-0.2, 0) is 11.2 Å². The average molecular weight is 220 g/mol. The van der Waals surface area contributed by atoms with Gasteiger partial charge in [0.05, 0.1) is 5.60 Å². The largest absolute Gasteiger partial charge is 0.390 e. The lowest BCUT2D eigenvalue weighted by Crippen LogP contribution is -2.36. The van der Waals surface area contributed by atoms with E-state index in [9.17, 15) is 9.90 Å². The van der Waals surface area contributed by atoms with E-state index < -0.39 is 5.60 Å². The zero-order chi connectivity index (χ0) is 11.6. The monoisotopic (exact) mass is 220 g/mol. The van der Waals surface area contributed by atoms with Gasteiger partial charge in [-0.1, -0.05) is 6.07 Å². The highest BCUT2D eigenvalue weighted by atomic mass is 16.3. The van der Waals surface area contributed by atoms with Crippen molar-refractivity contribution in [2.24, 2.45) is 0 Å². The molecule has 1 heterocycles. The number of carbonyl (C=O) groups is 1. The number of pyridine rings is 1. The maximum atomic E-state index is 11.1. The van der Waals surface area contributed by atoms with Gasteiger partial charge in [-0.15, -0.1) is 0 Å². The molecule has 0 aliphatic heterocycles. The van der Waals surface area contributed by atoms with Crippen LogP contribution >= 0.6 is 0 Å². The van der Waals surface area contributed by atoms with E-state index in [-0.39, 0.29) is 5.78 Å². The molecule has 1 saturated carbocycles. The molecule has 1 fully saturated rings. The summed E-state index contributed by atoms with van der Waals surface area (Å²) in [7, 11) is 0. The highest BCUT2D eigenvalue weighted by Crippen LogP contribution is 2.30. The summed E-state index contributed by atoms with van der Waals surface area (Å²) < 4.78 is 0. The molecule has 0 aromatic carbocycles. The van der Waals surface area contributed by atoms with Crippen molar-refractivity contribution in [3.8, 4) is 0 Å². The number of anilines is 1. The Labute approximate surface area is 94.5 Å². The normalized spacial score (nSPS) is 19.7. The van der Waals surface area contributed by atoms with E-state index in [2.05, 4.69) is 4.98 Å².